The second-order valence-electron chi connectivity index (χ2n) is 10.4. The molecule has 0 atom stereocenters. The third kappa shape index (κ3) is 6.02. The van der Waals surface area contributed by atoms with E-state index in [1.807, 2.05) is 36.5 Å². The first kappa shape index (κ1) is 23.9. The van der Waals surface area contributed by atoms with Crippen molar-refractivity contribution in [2.24, 2.45) is 0 Å². The summed E-state index contributed by atoms with van der Waals surface area (Å²) in [5.74, 6) is 0.618. The zero-order valence-corrected chi connectivity index (χ0v) is 21.7. The third-order valence-corrected chi connectivity index (χ3v) is 6.85. The molecule has 3 N–H and O–H groups in total. The number of nitrogens with one attached hydrogen (secondary N) is 3. The van der Waals surface area contributed by atoms with Gasteiger partial charge in [-0.25, -0.2) is 15.0 Å². The number of piperidine rings is 1. The van der Waals surface area contributed by atoms with Crippen LogP contribution in [0.15, 0.2) is 36.5 Å². The van der Waals surface area contributed by atoms with Gasteiger partial charge in [0.25, 0.3) is 0 Å². The molecular formula is C25H33ClN6S. The minimum atomic E-state index is 0.0255. The van der Waals surface area contributed by atoms with Crippen LogP contribution in [0.4, 0.5) is 11.1 Å². The van der Waals surface area contributed by atoms with Crippen molar-refractivity contribution >= 4 is 34.0 Å². The highest BCUT2D eigenvalue weighted by Gasteiger charge is 2.38. The summed E-state index contributed by atoms with van der Waals surface area (Å²) in [5, 5.41) is 12.3. The van der Waals surface area contributed by atoms with Gasteiger partial charge in [0.2, 0.25) is 5.95 Å². The van der Waals surface area contributed by atoms with Crippen LogP contribution in [0.2, 0.25) is 5.02 Å². The van der Waals surface area contributed by atoms with Crippen LogP contribution >= 0.6 is 22.9 Å². The summed E-state index contributed by atoms with van der Waals surface area (Å²) in [6.07, 6.45) is 3.83. The van der Waals surface area contributed by atoms with E-state index in [2.05, 4.69) is 62.5 Å². The molecule has 3 aromatic rings. The van der Waals surface area contributed by atoms with Gasteiger partial charge in [-0.1, -0.05) is 41.1 Å². The second kappa shape index (κ2) is 9.20. The Balaban J connectivity index is 1.72. The second-order valence-corrected chi connectivity index (χ2v) is 11.9. The molecule has 1 fully saturated rings. The molecule has 6 nitrogen and oxygen atoms in total. The van der Waals surface area contributed by atoms with E-state index in [1.165, 1.54) is 0 Å². The zero-order chi connectivity index (χ0) is 23.8. The van der Waals surface area contributed by atoms with Crippen LogP contribution < -0.4 is 16.0 Å². The minimum absolute atomic E-state index is 0.0255. The summed E-state index contributed by atoms with van der Waals surface area (Å²) >= 11 is 8.12. The fourth-order valence-corrected chi connectivity index (χ4v) is 5.91. The lowest BCUT2D eigenvalue weighted by molar-refractivity contribution is 0.170. The molecule has 8 heteroatoms. The number of aromatic nitrogens is 3. The lowest BCUT2D eigenvalue weighted by atomic mass is 9.80. The number of rotatable bonds is 6. The number of nitrogens with zero attached hydrogens (tertiary/aromatic N) is 3. The molecule has 3 heterocycles. The Morgan fingerprint density at radius 2 is 1.73 bits per heavy atom. The van der Waals surface area contributed by atoms with Gasteiger partial charge in [-0.05, 0) is 66.5 Å². The first-order valence-corrected chi connectivity index (χ1v) is 12.6. The van der Waals surface area contributed by atoms with E-state index >= 15 is 0 Å². The fraction of sp³-hybridized carbons (Fsp3) is 0.480. The average Bonchev–Trinajstić information content (AvgIpc) is 3.13. The van der Waals surface area contributed by atoms with Crippen LogP contribution in [0.3, 0.4) is 0 Å². The molecular weight excluding hydrogens is 452 g/mol. The fourth-order valence-electron chi connectivity index (χ4n) is 4.76. The van der Waals surface area contributed by atoms with Gasteiger partial charge in [0.1, 0.15) is 0 Å². The van der Waals surface area contributed by atoms with Crippen molar-refractivity contribution in [2.45, 2.75) is 77.5 Å². The Labute approximate surface area is 205 Å². The highest BCUT2D eigenvalue weighted by molar-refractivity contribution is 7.18. The number of hydrogen-bond donors (Lipinski definition) is 3. The summed E-state index contributed by atoms with van der Waals surface area (Å²) in [6.45, 7) is 13.2. The number of thiazole rings is 1. The Morgan fingerprint density at radius 1 is 1.06 bits per heavy atom. The molecule has 0 unspecified atom stereocenters. The molecule has 0 saturated carbocycles. The topological polar surface area (TPSA) is 74.8 Å². The van der Waals surface area contributed by atoms with E-state index in [0.717, 1.165) is 39.8 Å². The van der Waals surface area contributed by atoms with E-state index in [4.69, 9.17) is 21.6 Å². The zero-order valence-electron chi connectivity index (χ0n) is 20.2. The first-order valence-electron chi connectivity index (χ1n) is 11.4. The number of benzene rings is 1. The van der Waals surface area contributed by atoms with Crippen molar-refractivity contribution < 1.29 is 0 Å². The lowest BCUT2D eigenvalue weighted by Gasteiger charge is -2.46. The van der Waals surface area contributed by atoms with Crippen molar-refractivity contribution in [2.75, 3.05) is 10.6 Å². The molecule has 4 rings (SSSR count). The van der Waals surface area contributed by atoms with Gasteiger partial charge in [0.05, 0.1) is 16.3 Å². The van der Waals surface area contributed by atoms with E-state index in [9.17, 15) is 0 Å². The first-order chi connectivity index (χ1) is 15.5. The Hall–Kier alpha value is -2.22. The molecule has 1 saturated heterocycles. The van der Waals surface area contributed by atoms with Gasteiger partial charge >= 0.3 is 0 Å². The van der Waals surface area contributed by atoms with Crippen molar-refractivity contribution in [3.63, 3.8) is 0 Å². The molecule has 0 aliphatic carbocycles. The summed E-state index contributed by atoms with van der Waals surface area (Å²) in [5.41, 5.74) is 2.58. The van der Waals surface area contributed by atoms with Crippen LogP contribution in [0.5, 0.6) is 0 Å². The maximum atomic E-state index is 6.53. The van der Waals surface area contributed by atoms with Crippen LogP contribution in [-0.4, -0.2) is 38.1 Å². The molecule has 0 amide bonds. The van der Waals surface area contributed by atoms with Gasteiger partial charge in [0, 0.05) is 39.9 Å². The average molecular weight is 485 g/mol. The van der Waals surface area contributed by atoms with Crippen molar-refractivity contribution in [1.82, 2.24) is 20.3 Å². The van der Waals surface area contributed by atoms with Crippen molar-refractivity contribution in [3.05, 3.63) is 41.6 Å². The maximum absolute atomic E-state index is 6.53. The Morgan fingerprint density at radius 3 is 2.39 bits per heavy atom. The minimum Gasteiger partial charge on any atom is -0.359 e. The summed E-state index contributed by atoms with van der Waals surface area (Å²) in [6, 6.07) is 10.4. The Bertz CT molecular complexity index is 1110. The molecule has 0 bridgehead atoms. The predicted octanol–water partition coefficient (Wildman–Crippen LogP) is 6.46. The van der Waals surface area contributed by atoms with E-state index in [-0.39, 0.29) is 17.1 Å². The van der Waals surface area contributed by atoms with E-state index < -0.39 is 0 Å². The molecule has 1 aromatic carbocycles. The largest absolute Gasteiger partial charge is 0.359 e. The highest BCUT2D eigenvalue weighted by Crippen LogP contribution is 2.35. The SMILES string of the molecule is CC(C)Nc1ncc(-c2cc(-c3ccccc3Cl)nc(NC3CC(C)(C)NC(C)(C)C3)n2)s1. The smallest absolute Gasteiger partial charge is 0.224 e. The standard InChI is InChI=1S/C25H33ClN6S/c1-15(2)28-23-27-14-21(33-23)20-11-19(17-9-7-8-10-18(17)26)30-22(31-20)29-16-12-24(3,4)32-25(5,6)13-16/h7-11,14-16,32H,12-13H2,1-6H3,(H,27,28)(H,29,30,31). The molecule has 33 heavy (non-hydrogen) atoms. The summed E-state index contributed by atoms with van der Waals surface area (Å²) < 4.78 is 0. The number of anilines is 2. The number of halogens is 1. The maximum Gasteiger partial charge on any atom is 0.224 e. The van der Waals surface area contributed by atoms with Crippen molar-refractivity contribution in [1.29, 1.82) is 0 Å². The third-order valence-electron chi connectivity index (χ3n) is 5.57. The molecule has 0 radical (unpaired) electrons. The van der Waals surface area contributed by atoms with Crippen LogP contribution in [0, 0.1) is 0 Å². The molecule has 0 spiro atoms. The monoisotopic (exact) mass is 484 g/mol. The van der Waals surface area contributed by atoms with Crippen molar-refractivity contribution in [3.8, 4) is 21.8 Å². The summed E-state index contributed by atoms with van der Waals surface area (Å²) in [4.78, 5) is 15.3. The molecule has 176 valence electrons. The van der Waals surface area contributed by atoms with Gasteiger partial charge in [0.15, 0.2) is 5.13 Å². The number of hydrogen-bond acceptors (Lipinski definition) is 7. The van der Waals surface area contributed by atoms with Gasteiger partial charge in [-0.3, -0.25) is 0 Å². The highest BCUT2D eigenvalue weighted by atomic mass is 35.5. The van der Waals surface area contributed by atoms with E-state index in [1.54, 1.807) is 11.3 Å². The molecule has 2 aromatic heterocycles. The van der Waals surface area contributed by atoms with Crippen LogP contribution in [0.25, 0.3) is 21.8 Å². The van der Waals surface area contributed by atoms with Gasteiger partial charge < -0.3 is 16.0 Å². The van der Waals surface area contributed by atoms with Crippen LogP contribution in [-0.2, 0) is 0 Å². The normalized spacial score (nSPS) is 17.8. The lowest BCUT2D eigenvalue weighted by Crippen LogP contribution is -2.60. The van der Waals surface area contributed by atoms with Gasteiger partial charge in [-0.2, -0.15) is 0 Å². The predicted molar refractivity (Wildman–Crippen MR) is 140 cm³/mol. The van der Waals surface area contributed by atoms with E-state index in [0.29, 0.717) is 17.0 Å². The summed E-state index contributed by atoms with van der Waals surface area (Å²) in [7, 11) is 0. The van der Waals surface area contributed by atoms with Crippen LogP contribution in [0.1, 0.15) is 54.4 Å². The quantitative estimate of drug-likeness (QED) is 0.372. The van der Waals surface area contributed by atoms with Gasteiger partial charge in [-0.15, -0.1) is 0 Å². The Kier molecular flexibility index (Phi) is 6.67. The molecule has 1 aliphatic rings. The molecule has 1 aliphatic heterocycles.